The van der Waals surface area contributed by atoms with E-state index in [-0.39, 0.29) is 0 Å². The lowest BCUT2D eigenvalue weighted by molar-refractivity contribution is -0.255. The zero-order chi connectivity index (χ0) is 10.0. The van der Waals surface area contributed by atoms with Crippen LogP contribution in [0.25, 0.3) is 0 Å². The molecule has 0 heterocycles. The molecule has 13 heavy (non-hydrogen) atoms. The first-order valence-corrected chi connectivity index (χ1v) is 3.30. The van der Waals surface area contributed by atoms with Gasteiger partial charge in [0, 0.05) is 11.6 Å². The van der Waals surface area contributed by atoms with Crippen molar-refractivity contribution in [1.29, 1.82) is 0 Å². The lowest BCUT2D eigenvalue weighted by atomic mass is 10.2. The maximum Gasteiger partial charge on any atom is 0.168 e. The van der Waals surface area contributed by atoms with E-state index >= 15 is 0 Å². The molecular formula is C8H5F2O3-. The van der Waals surface area contributed by atoms with Crippen LogP contribution in [-0.4, -0.2) is 13.1 Å². The van der Waals surface area contributed by atoms with E-state index in [1.54, 1.807) is 0 Å². The summed E-state index contributed by atoms with van der Waals surface area (Å²) in [6, 6.07) is 1.17. The molecule has 0 saturated heterocycles. The molecule has 0 unspecified atom stereocenters. The molecule has 0 saturated carbocycles. The molecule has 1 rings (SSSR count). The Morgan fingerprint density at radius 3 is 2.54 bits per heavy atom. The predicted octanol–water partition coefficient (Wildman–Crippen LogP) is 0.337. The summed E-state index contributed by atoms with van der Waals surface area (Å²) in [6.45, 7) is 0. The van der Waals surface area contributed by atoms with Crippen LogP contribution in [-0.2, 0) is 0 Å². The number of hydrogen-bond donors (Lipinski definition) is 0. The molecule has 5 heteroatoms. The van der Waals surface area contributed by atoms with E-state index in [9.17, 15) is 18.7 Å². The van der Waals surface area contributed by atoms with Crippen LogP contribution >= 0.6 is 0 Å². The maximum atomic E-state index is 12.8. The first-order valence-electron chi connectivity index (χ1n) is 3.30. The van der Waals surface area contributed by atoms with E-state index in [4.69, 9.17) is 0 Å². The van der Waals surface area contributed by atoms with E-state index < -0.39 is 28.9 Å². The maximum absolute atomic E-state index is 12.8. The van der Waals surface area contributed by atoms with Crippen molar-refractivity contribution in [3.05, 3.63) is 29.3 Å². The monoisotopic (exact) mass is 187 g/mol. The summed E-state index contributed by atoms with van der Waals surface area (Å²) in [5.41, 5.74) is -0.639. The number of carbonyl (C=O) groups excluding carboxylic acids is 1. The van der Waals surface area contributed by atoms with Gasteiger partial charge in [-0.1, -0.05) is 0 Å². The SMILES string of the molecule is COc1c(F)cc(F)cc1C(=O)[O-]. The molecular weight excluding hydrogens is 182 g/mol. The van der Waals surface area contributed by atoms with Crippen LogP contribution in [0.15, 0.2) is 12.1 Å². The van der Waals surface area contributed by atoms with Gasteiger partial charge in [0.25, 0.3) is 0 Å². The summed E-state index contributed by atoms with van der Waals surface area (Å²) in [6.07, 6.45) is 0. The highest BCUT2D eigenvalue weighted by Crippen LogP contribution is 2.23. The fraction of sp³-hybridized carbons (Fsp3) is 0.125. The van der Waals surface area contributed by atoms with E-state index in [0.717, 1.165) is 7.11 Å². The first kappa shape index (κ1) is 9.44. The molecule has 70 valence electrons. The molecule has 0 amide bonds. The van der Waals surface area contributed by atoms with Crippen molar-refractivity contribution in [2.24, 2.45) is 0 Å². The normalized spacial score (nSPS) is 9.77. The smallest absolute Gasteiger partial charge is 0.168 e. The Morgan fingerprint density at radius 1 is 1.46 bits per heavy atom. The first-order chi connectivity index (χ1) is 6.06. The van der Waals surface area contributed by atoms with Gasteiger partial charge in [0.1, 0.15) is 5.82 Å². The van der Waals surface area contributed by atoms with Crippen molar-refractivity contribution < 1.29 is 23.4 Å². The Hall–Kier alpha value is -1.65. The Morgan fingerprint density at radius 2 is 2.08 bits per heavy atom. The second kappa shape index (κ2) is 3.38. The summed E-state index contributed by atoms with van der Waals surface area (Å²) >= 11 is 0. The molecule has 0 aliphatic heterocycles. The third kappa shape index (κ3) is 1.74. The molecule has 0 fully saturated rings. The zero-order valence-electron chi connectivity index (χ0n) is 6.64. The van der Waals surface area contributed by atoms with Gasteiger partial charge in [0.05, 0.1) is 13.1 Å². The van der Waals surface area contributed by atoms with Crippen molar-refractivity contribution in [3.63, 3.8) is 0 Å². The second-order valence-electron chi connectivity index (χ2n) is 2.26. The van der Waals surface area contributed by atoms with Crippen LogP contribution < -0.4 is 9.84 Å². The third-order valence-corrected chi connectivity index (χ3v) is 1.43. The molecule has 0 bridgehead atoms. The Labute approximate surface area is 72.6 Å². The number of carboxylic acids is 1. The predicted molar refractivity (Wildman–Crippen MR) is 37.2 cm³/mol. The number of halogens is 2. The topological polar surface area (TPSA) is 49.4 Å². The van der Waals surface area contributed by atoms with Crippen molar-refractivity contribution in [3.8, 4) is 5.75 Å². The van der Waals surface area contributed by atoms with Crippen LogP contribution in [0.4, 0.5) is 8.78 Å². The number of rotatable bonds is 2. The van der Waals surface area contributed by atoms with Crippen LogP contribution in [0.2, 0.25) is 0 Å². The van der Waals surface area contributed by atoms with Gasteiger partial charge in [0.2, 0.25) is 0 Å². The van der Waals surface area contributed by atoms with E-state index in [1.165, 1.54) is 0 Å². The highest BCUT2D eigenvalue weighted by Gasteiger charge is 2.12. The van der Waals surface area contributed by atoms with Gasteiger partial charge >= 0.3 is 0 Å². The number of ether oxygens (including phenoxy) is 1. The van der Waals surface area contributed by atoms with Crippen LogP contribution in [0.1, 0.15) is 10.4 Å². The van der Waals surface area contributed by atoms with Gasteiger partial charge in [-0.05, 0) is 6.07 Å². The summed E-state index contributed by atoms with van der Waals surface area (Å²) < 4.78 is 29.8. The average Bonchev–Trinajstić information content (AvgIpc) is 2.02. The lowest BCUT2D eigenvalue weighted by Gasteiger charge is -2.09. The fourth-order valence-electron chi connectivity index (χ4n) is 0.919. The Kier molecular flexibility index (Phi) is 2.46. The van der Waals surface area contributed by atoms with Crippen LogP contribution in [0, 0.1) is 11.6 Å². The zero-order valence-corrected chi connectivity index (χ0v) is 6.64. The van der Waals surface area contributed by atoms with Gasteiger partial charge in [0.15, 0.2) is 11.6 Å². The number of carboxylic acid groups (broad SMARTS) is 1. The van der Waals surface area contributed by atoms with Crippen molar-refractivity contribution in [2.45, 2.75) is 0 Å². The van der Waals surface area contributed by atoms with Crippen molar-refractivity contribution >= 4 is 5.97 Å². The minimum absolute atomic E-state index is 0.526. The number of aromatic carboxylic acids is 1. The number of carbonyl (C=O) groups is 1. The van der Waals surface area contributed by atoms with Gasteiger partial charge in [-0.25, -0.2) is 8.78 Å². The molecule has 0 atom stereocenters. The molecule has 0 aliphatic carbocycles. The summed E-state index contributed by atoms with van der Waals surface area (Å²) in [4.78, 5) is 10.4. The summed E-state index contributed by atoms with van der Waals surface area (Å²) in [5.74, 6) is -4.27. The molecule has 0 aliphatic rings. The largest absolute Gasteiger partial charge is 0.545 e. The third-order valence-electron chi connectivity index (χ3n) is 1.43. The Balaban J connectivity index is 3.38. The molecule has 0 N–H and O–H groups in total. The molecule has 0 aromatic heterocycles. The van der Waals surface area contributed by atoms with E-state index in [0.29, 0.717) is 12.1 Å². The van der Waals surface area contributed by atoms with Crippen molar-refractivity contribution in [1.82, 2.24) is 0 Å². The highest BCUT2D eigenvalue weighted by molar-refractivity contribution is 5.89. The molecule has 1 aromatic carbocycles. The lowest BCUT2D eigenvalue weighted by Crippen LogP contribution is -2.23. The van der Waals surface area contributed by atoms with Crippen LogP contribution in [0.5, 0.6) is 5.75 Å². The van der Waals surface area contributed by atoms with Gasteiger partial charge in [-0.3, -0.25) is 0 Å². The second-order valence-corrected chi connectivity index (χ2v) is 2.26. The van der Waals surface area contributed by atoms with Gasteiger partial charge in [-0.2, -0.15) is 0 Å². The number of benzene rings is 1. The van der Waals surface area contributed by atoms with E-state index in [1.807, 2.05) is 0 Å². The minimum atomic E-state index is -1.68. The van der Waals surface area contributed by atoms with Gasteiger partial charge < -0.3 is 14.6 Å². The quantitative estimate of drug-likeness (QED) is 0.670. The average molecular weight is 187 g/mol. The number of methoxy groups -OCH3 is 1. The molecule has 0 radical (unpaired) electrons. The van der Waals surface area contributed by atoms with Crippen LogP contribution in [0.3, 0.4) is 0 Å². The molecule has 1 aromatic rings. The Bertz CT molecular complexity index is 349. The minimum Gasteiger partial charge on any atom is -0.545 e. The van der Waals surface area contributed by atoms with Gasteiger partial charge in [-0.15, -0.1) is 0 Å². The standard InChI is InChI=1S/C8H6F2O3/c1-13-7-5(8(11)12)2-4(9)3-6(7)10/h2-3H,1H3,(H,11,12)/p-1. The molecule has 3 nitrogen and oxygen atoms in total. The fourth-order valence-corrected chi connectivity index (χ4v) is 0.919. The highest BCUT2D eigenvalue weighted by atomic mass is 19.1. The van der Waals surface area contributed by atoms with Crippen molar-refractivity contribution in [2.75, 3.05) is 7.11 Å². The molecule has 0 spiro atoms. The summed E-state index contributed by atoms with van der Waals surface area (Å²) in [7, 11) is 1.09. The number of hydrogen-bond acceptors (Lipinski definition) is 3. The van der Waals surface area contributed by atoms with E-state index in [2.05, 4.69) is 4.74 Å². The summed E-state index contributed by atoms with van der Waals surface area (Å²) in [5, 5.41) is 10.4.